The van der Waals surface area contributed by atoms with Gasteiger partial charge in [0.05, 0.1) is 20.8 Å². The molecule has 1 saturated carbocycles. The van der Waals surface area contributed by atoms with Crippen LogP contribution >= 0.6 is 22.9 Å². The summed E-state index contributed by atoms with van der Waals surface area (Å²) in [6.07, 6.45) is 4.19. The Hall–Kier alpha value is -2.12. The first-order valence-corrected chi connectivity index (χ1v) is 9.23. The zero-order chi connectivity index (χ0) is 17.8. The smallest absolute Gasteiger partial charge is 0.319 e. The standard InChI is InChI=1S/C17H18ClN3O3S/c18-14-8-7-13(25-14)15-12(2-1-9-19-15)21-17(24)20-11-5-3-10(4-6-11)16(22)23/h1-2,7-11H,3-6H2,(H,22,23)(H2,20,21,24). The number of anilines is 1. The lowest BCUT2D eigenvalue weighted by Gasteiger charge is -2.26. The second-order valence-corrected chi connectivity index (χ2v) is 7.70. The number of thiophene rings is 1. The number of nitrogens with zero attached hydrogens (tertiary/aromatic N) is 1. The molecule has 1 fully saturated rings. The minimum absolute atomic E-state index is 0.00750. The summed E-state index contributed by atoms with van der Waals surface area (Å²) in [5.41, 5.74) is 1.28. The largest absolute Gasteiger partial charge is 0.481 e. The molecule has 2 amide bonds. The quantitative estimate of drug-likeness (QED) is 0.741. The monoisotopic (exact) mass is 379 g/mol. The molecule has 0 saturated heterocycles. The molecule has 25 heavy (non-hydrogen) atoms. The van der Waals surface area contributed by atoms with Crippen LogP contribution in [0.15, 0.2) is 30.5 Å². The maximum Gasteiger partial charge on any atom is 0.319 e. The van der Waals surface area contributed by atoms with Crippen LogP contribution in [0.2, 0.25) is 4.34 Å². The molecule has 0 aromatic carbocycles. The first-order valence-electron chi connectivity index (χ1n) is 8.04. The molecule has 2 aromatic heterocycles. The first-order chi connectivity index (χ1) is 12.0. The summed E-state index contributed by atoms with van der Waals surface area (Å²) in [6, 6.07) is 6.89. The maximum absolute atomic E-state index is 12.3. The van der Waals surface area contributed by atoms with Crippen LogP contribution in [-0.2, 0) is 4.79 Å². The Morgan fingerprint density at radius 2 is 1.96 bits per heavy atom. The lowest BCUT2D eigenvalue weighted by atomic mass is 9.86. The lowest BCUT2D eigenvalue weighted by molar-refractivity contribution is -0.142. The normalized spacial score (nSPS) is 20.0. The predicted molar refractivity (Wildman–Crippen MR) is 98.1 cm³/mol. The Kier molecular flexibility index (Phi) is 5.55. The third kappa shape index (κ3) is 4.49. The van der Waals surface area contributed by atoms with E-state index in [1.807, 2.05) is 6.07 Å². The number of hydrogen-bond acceptors (Lipinski definition) is 4. The summed E-state index contributed by atoms with van der Waals surface area (Å²) < 4.78 is 0.659. The fourth-order valence-electron chi connectivity index (χ4n) is 2.97. The van der Waals surface area contributed by atoms with E-state index in [4.69, 9.17) is 16.7 Å². The molecule has 0 unspecified atom stereocenters. The van der Waals surface area contributed by atoms with Gasteiger partial charge in [-0.05, 0) is 49.9 Å². The van der Waals surface area contributed by atoms with E-state index in [1.165, 1.54) is 11.3 Å². The third-order valence-electron chi connectivity index (χ3n) is 4.27. The fraction of sp³-hybridized carbons (Fsp3) is 0.353. The highest BCUT2D eigenvalue weighted by atomic mass is 35.5. The van der Waals surface area contributed by atoms with Crippen LogP contribution in [0.3, 0.4) is 0 Å². The van der Waals surface area contributed by atoms with E-state index in [0.29, 0.717) is 41.4 Å². The average molecular weight is 380 g/mol. The van der Waals surface area contributed by atoms with Crippen LogP contribution in [0.4, 0.5) is 10.5 Å². The molecule has 0 spiro atoms. The average Bonchev–Trinajstić information content (AvgIpc) is 3.02. The zero-order valence-electron chi connectivity index (χ0n) is 13.4. The highest BCUT2D eigenvalue weighted by Crippen LogP contribution is 2.33. The van der Waals surface area contributed by atoms with Crippen molar-refractivity contribution in [2.75, 3.05) is 5.32 Å². The van der Waals surface area contributed by atoms with Crippen LogP contribution in [-0.4, -0.2) is 28.1 Å². The summed E-state index contributed by atoms with van der Waals surface area (Å²) in [4.78, 5) is 28.5. The van der Waals surface area contributed by atoms with E-state index in [2.05, 4.69) is 15.6 Å². The van der Waals surface area contributed by atoms with Gasteiger partial charge in [-0.15, -0.1) is 11.3 Å². The van der Waals surface area contributed by atoms with Gasteiger partial charge in [-0.3, -0.25) is 9.78 Å². The van der Waals surface area contributed by atoms with Gasteiger partial charge >= 0.3 is 12.0 Å². The van der Waals surface area contributed by atoms with E-state index in [0.717, 1.165) is 4.88 Å². The maximum atomic E-state index is 12.3. The number of urea groups is 1. The number of carboxylic acid groups (broad SMARTS) is 1. The van der Waals surface area contributed by atoms with Crippen molar-refractivity contribution in [2.45, 2.75) is 31.7 Å². The van der Waals surface area contributed by atoms with Crippen LogP contribution in [0.5, 0.6) is 0 Å². The number of amides is 2. The van der Waals surface area contributed by atoms with Gasteiger partial charge in [-0.1, -0.05) is 11.6 Å². The van der Waals surface area contributed by atoms with Crippen LogP contribution in [0, 0.1) is 5.92 Å². The van der Waals surface area contributed by atoms with Crippen molar-refractivity contribution >= 4 is 40.6 Å². The van der Waals surface area contributed by atoms with Crippen LogP contribution in [0.1, 0.15) is 25.7 Å². The Labute approximate surface area is 154 Å². The van der Waals surface area contributed by atoms with E-state index in [1.54, 1.807) is 24.4 Å². The van der Waals surface area contributed by atoms with Crippen molar-refractivity contribution < 1.29 is 14.7 Å². The number of hydrogen-bond donors (Lipinski definition) is 3. The van der Waals surface area contributed by atoms with Crippen molar-refractivity contribution in [3.05, 3.63) is 34.8 Å². The number of nitrogens with one attached hydrogen (secondary N) is 2. The van der Waals surface area contributed by atoms with Gasteiger partial charge in [0.15, 0.2) is 0 Å². The van der Waals surface area contributed by atoms with Crippen molar-refractivity contribution in [2.24, 2.45) is 5.92 Å². The van der Waals surface area contributed by atoms with Gasteiger partial charge in [-0.25, -0.2) is 4.79 Å². The van der Waals surface area contributed by atoms with E-state index in [9.17, 15) is 9.59 Å². The Morgan fingerprint density at radius 1 is 1.20 bits per heavy atom. The first kappa shape index (κ1) is 17.7. The predicted octanol–water partition coefficient (Wildman–Crippen LogP) is 4.23. The number of carbonyl (C=O) groups excluding carboxylic acids is 1. The summed E-state index contributed by atoms with van der Waals surface area (Å²) in [6.45, 7) is 0. The molecule has 3 N–H and O–H groups in total. The molecule has 2 heterocycles. The minimum Gasteiger partial charge on any atom is -0.481 e. The highest BCUT2D eigenvalue weighted by Gasteiger charge is 2.26. The highest BCUT2D eigenvalue weighted by molar-refractivity contribution is 7.19. The molecule has 0 atom stereocenters. The van der Waals surface area contributed by atoms with Gasteiger partial charge in [0.25, 0.3) is 0 Å². The van der Waals surface area contributed by atoms with Crippen LogP contribution in [0.25, 0.3) is 10.6 Å². The molecule has 0 radical (unpaired) electrons. The molecule has 2 aromatic rings. The number of halogens is 1. The van der Waals surface area contributed by atoms with Gasteiger partial charge in [0.1, 0.15) is 5.69 Å². The van der Waals surface area contributed by atoms with E-state index in [-0.39, 0.29) is 18.0 Å². The summed E-state index contributed by atoms with van der Waals surface area (Å²) in [7, 11) is 0. The summed E-state index contributed by atoms with van der Waals surface area (Å²) >= 11 is 7.38. The molecule has 8 heteroatoms. The molecule has 0 bridgehead atoms. The second kappa shape index (κ2) is 7.84. The Balaban J connectivity index is 1.61. The van der Waals surface area contributed by atoms with Crippen molar-refractivity contribution in [1.82, 2.24) is 10.3 Å². The molecule has 1 aliphatic rings. The van der Waals surface area contributed by atoms with Gasteiger partial charge in [-0.2, -0.15) is 0 Å². The van der Waals surface area contributed by atoms with Crippen LogP contribution < -0.4 is 10.6 Å². The molecular weight excluding hydrogens is 362 g/mol. The SMILES string of the molecule is O=C(Nc1cccnc1-c1ccc(Cl)s1)NC1CCC(C(=O)O)CC1. The van der Waals surface area contributed by atoms with Crippen molar-refractivity contribution in [1.29, 1.82) is 0 Å². The van der Waals surface area contributed by atoms with E-state index < -0.39 is 5.97 Å². The zero-order valence-corrected chi connectivity index (χ0v) is 14.9. The molecule has 3 rings (SSSR count). The van der Waals surface area contributed by atoms with Gasteiger partial charge in [0.2, 0.25) is 0 Å². The fourth-order valence-corrected chi connectivity index (χ4v) is 4.03. The Bertz CT molecular complexity index is 772. The molecule has 1 aliphatic carbocycles. The van der Waals surface area contributed by atoms with E-state index >= 15 is 0 Å². The molecule has 6 nitrogen and oxygen atoms in total. The number of carboxylic acids is 1. The number of carbonyl (C=O) groups is 2. The topological polar surface area (TPSA) is 91.3 Å². The Morgan fingerprint density at radius 3 is 2.60 bits per heavy atom. The van der Waals surface area contributed by atoms with Crippen molar-refractivity contribution in [3.8, 4) is 10.6 Å². The second-order valence-electron chi connectivity index (χ2n) is 5.99. The summed E-state index contributed by atoms with van der Waals surface area (Å²) in [5, 5.41) is 14.8. The molecule has 132 valence electrons. The molecule has 0 aliphatic heterocycles. The third-order valence-corrected chi connectivity index (χ3v) is 5.51. The van der Waals surface area contributed by atoms with Gasteiger partial charge in [0, 0.05) is 12.2 Å². The number of pyridine rings is 1. The van der Waals surface area contributed by atoms with Crippen molar-refractivity contribution in [3.63, 3.8) is 0 Å². The summed E-state index contributed by atoms with van der Waals surface area (Å²) in [5.74, 6) is -1.05. The lowest BCUT2D eigenvalue weighted by Crippen LogP contribution is -2.41. The number of aromatic nitrogens is 1. The number of aliphatic carboxylic acids is 1. The van der Waals surface area contributed by atoms with Gasteiger partial charge < -0.3 is 15.7 Å². The minimum atomic E-state index is -0.752. The number of rotatable bonds is 4. The molecular formula is C17H18ClN3O3S.